The smallest absolute Gasteiger partial charge is 0.335 e. The Hall–Kier alpha value is -1.58. The van der Waals surface area contributed by atoms with Crippen molar-refractivity contribution in [1.82, 2.24) is 4.98 Å². The molecule has 1 rings (SSSR count). The van der Waals surface area contributed by atoms with Crippen LogP contribution in [0.15, 0.2) is 12.1 Å². The summed E-state index contributed by atoms with van der Waals surface area (Å²) in [6, 6.07) is 3.74. The van der Waals surface area contributed by atoms with Crippen molar-refractivity contribution in [2.45, 2.75) is 65.8 Å². The lowest BCUT2D eigenvalue weighted by atomic mass is 10.1. The number of carboxylic acid groups (broad SMARTS) is 1. The van der Waals surface area contributed by atoms with Crippen molar-refractivity contribution < 1.29 is 9.90 Å². The molecule has 1 N–H and O–H groups in total. The molecular formula is C17H28N2O2. The average Bonchev–Trinajstić information content (AvgIpc) is 2.46. The third kappa shape index (κ3) is 4.73. The molecular weight excluding hydrogens is 264 g/mol. The van der Waals surface area contributed by atoms with Gasteiger partial charge in [0.25, 0.3) is 0 Å². The highest BCUT2D eigenvalue weighted by molar-refractivity contribution is 5.88. The van der Waals surface area contributed by atoms with E-state index < -0.39 is 5.97 Å². The highest BCUT2D eigenvalue weighted by Gasteiger charge is 2.18. The SMILES string of the molecule is CCCCN(c1cc(C(=O)O)cc(C(C)C)n1)C(C)CC. The number of rotatable bonds is 8. The summed E-state index contributed by atoms with van der Waals surface area (Å²) in [6.45, 7) is 11.5. The van der Waals surface area contributed by atoms with E-state index in [1.807, 2.05) is 13.8 Å². The number of aromatic carboxylic acids is 1. The number of aromatic nitrogens is 1. The molecule has 0 aliphatic heterocycles. The predicted octanol–water partition coefficient (Wildman–Crippen LogP) is 4.31. The maximum absolute atomic E-state index is 11.4. The minimum atomic E-state index is -0.889. The first kappa shape index (κ1) is 17.5. The summed E-state index contributed by atoms with van der Waals surface area (Å²) in [5, 5.41) is 9.32. The van der Waals surface area contributed by atoms with Gasteiger partial charge in [0.1, 0.15) is 5.82 Å². The van der Waals surface area contributed by atoms with Crippen LogP contribution in [0, 0.1) is 0 Å². The van der Waals surface area contributed by atoms with E-state index in [4.69, 9.17) is 4.98 Å². The van der Waals surface area contributed by atoms with Gasteiger partial charge in [-0.3, -0.25) is 0 Å². The van der Waals surface area contributed by atoms with Crippen molar-refractivity contribution >= 4 is 11.8 Å². The Bertz CT molecular complexity index is 472. The van der Waals surface area contributed by atoms with E-state index in [0.717, 1.165) is 37.3 Å². The number of nitrogens with zero attached hydrogens (tertiary/aromatic N) is 2. The van der Waals surface area contributed by atoms with Gasteiger partial charge in [0, 0.05) is 18.3 Å². The van der Waals surface area contributed by atoms with Gasteiger partial charge in [-0.05, 0) is 37.8 Å². The van der Waals surface area contributed by atoms with Crippen LogP contribution in [0.4, 0.5) is 5.82 Å². The molecule has 1 atom stereocenters. The number of anilines is 1. The van der Waals surface area contributed by atoms with E-state index in [2.05, 4.69) is 25.7 Å². The fraction of sp³-hybridized carbons (Fsp3) is 0.647. The molecule has 21 heavy (non-hydrogen) atoms. The molecule has 0 aliphatic rings. The second-order valence-electron chi connectivity index (χ2n) is 5.90. The van der Waals surface area contributed by atoms with Gasteiger partial charge in [0.05, 0.1) is 5.56 Å². The van der Waals surface area contributed by atoms with Gasteiger partial charge in [-0.25, -0.2) is 9.78 Å². The zero-order valence-corrected chi connectivity index (χ0v) is 13.9. The molecule has 0 saturated heterocycles. The zero-order valence-electron chi connectivity index (χ0n) is 13.9. The Morgan fingerprint density at radius 3 is 2.43 bits per heavy atom. The van der Waals surface area contributed by atoms with Gasteiger partial charge in [-0.15, -0.1) is 0 Å². The van der Waals surface area contributed by atoms with Crippen LogP contribution in [0.5, 0.6) is 0 Å². The van der Waals surface area contributed by atoms with E-state index >= 15 is 0 Å². The molecule has 0 radical (unpaired) electrons. The topological polar surface area (TPSA) is 53.4 Å². The first-order chi connectivity index (χ1) is 9.90. The van der Waals surface area contributed by atoms with Crippen LogP contribution in [0.3, 0.4) is 0 Å². The van der Waals surface area contributed by atoms with Crippen molar-refractivity contribution in [1.29, 1.82) is 0 Å². The van der Waals surface area contributed by atoms with E-state index in [0.29, 0.717) is 11.6 Å². The summed E-state index contributed by atoms with van der Waals surface area (Å²) in [4.78, 5) is 18.3. The summed E-state index contributed by atoms with van der Waals surface area (Å²) < 4.78 is 0. The Labute approximate surface area is 128 Å². The number of hydrogen-bond acceptors (Lipinski definition) is 3. The van der Waals surface area contributed by atoms with Crippen LogP contribution < -0.4 is 4.90 Å². The molecule has 4 heteroatoms. The highest BCUT2D eigenvalue weighted by Crippen LogP contribution is 2.23. The molecule has 4 nitrogen and oxygen atoms in total. The lowest BCUT2D eigenvalue weighted by Crippen LogP contribution is -2.34. The van der Waals surface area contributed by atoms with Gasteiger partial charge in [-0.2, -0.15) is 0 Å². The Morgan fingerprint density at radius 1 is 1.29 bits per heavy atom. The van der Waals surface area contributed by atoms with Crippen LogP contribution in [0.25, 0.3) is 0 Å². The molecule has 1 aromatic rings. The first-order valence-corrected chi connectivity index (χ1v) is 7.92. The summed E-state index contributed by atoms with van der Waals surface area (Å²) in [5.41, 5.74) is 1.17. The van der Waals surface area contributed by atoms with Gasteiger partial charge < -0.3 is 10.0 Å². The van der Waals surface area contributed by atoms with Crippen molar-refractivity contribution in [2.24, 2.45) is 0 Å². The Morgan fingerprint density at radius 2 is 1.95 bits per heavy atom. The van der Waals surface area contributed by atoms with Gasteiger partial charge in [0.2, 0.25) is 0 Å². The molecule has 1 aromatic heterocycles. The number of carbonyl (C=O) groups is 1. The van der Waals surface area contributed by atoms with E-state index in [9.17, 15) is 9.90 Å². The van der Waals surface area contributed by atoms with Crippen molar-refractivity contribution in [3.8, 4) is 0 Å². The standard InChI is InChI=1S/C17H28N2O2/c1-6-8-9-19(13(5)7-2)16-11-14(17(20)21)10-15(18-16)12(3)4/h10-13H,6-9H2,1-5H3,(H,20,21). The van der Waals surface area contributed by atoms with Crippen LogP contribution >= 0.6 is 0 Å². The summed E-state index contributed by atoms with van der Waals surface area (Å²) in [7, 11) is 0. The van der Waals surface area contributed by atoms with E-state index in [1.165, 1.54) is 0 Å². The fourth-order valence-electron chi connectivity index (χ4n) is 2.21. The molecule has 0 spiro atoms. The monoisotopic (exact) mass is 292 g/mol. The van der Waals surface area contributed by atoms with Gasteiger partial charge >= 0.3 is 5.97 Å². The Balaban J connectivity index is 3.24. The number of unbranched alkanes of at least 4 members (excludes halogenated alkanes) is 1. The fourth-order valence-corrected chi connectivity index (χ4v) is 2.21. The molecule has 0 aliphatic carbocycles. The van der Waals surface area contributed by atoms with Crippen molar-refractivity contribution in [2.75, 3.05) is 11.4 Å². The summed E-state index contributed by atoms with van der Waals surface area (Å²) in [6.07, 6.45) is 3.21. The average molecular weight is 292 g/mol. The summed E-state index contributed by atoms with van der Waals surface area (Å²) in [5.74, 6) is 0.120. The maximum Gasteiger partial charge on any atom is 0.335 e. The number of pyridine rings is 1. The molecule has 0 fully saturated rings. The van der Waals surface area contributed by atoms with Crippen LogP contribution in [0.1, 0.15) is 75.9 Å². The number of carboxylic acids is 1. The molecule has 0 aromatic carbocycles. The molecule has 1 unspecified atom stereocenters. The second-order valence-corrected chi connectivity index (χ2v) is 5.90. The van der Waals surface area contributed by atoms with Gasteiger partial charge in [0.15, 0.2) is 0 Å². The van der Waals surface area contributed by atoms with E-state index in [-0.39, 0.29) is 5.92 Å². The second kappa shape index (κ2) is 8.01. The van der Waals surface area contributed by atoms with Crippen LogP contribution in [-0.4, -0.2) is 28.6 Å². The lowest BCUT2D eigenvalue weighted by Gasteiger charge is -2.30. The van der Waals surface area contributed by atoms with Gasteiger partial charge in [-0.1, -0.05) is 34.1 Å². The first-order valence-electron chi connectivity index (χ1n) is 7.92. The van der Waals surface area contributed by atoms with Crippen LogP contribution in [0.2, 0.25) is 0 Å². The normalized spacial score (nSPS) is 12.5. The lowest BCUT2D eigenvalue weighted by molar-refractivity contribution is 0.0696. The van der Waals surface area contributed by atoms with Crippen molar-refractivity contribution in [3.05, 3.63) is 23.4 Å². The van der Waals surface area contributed by atoms with E-state index in [1.54, 1.807) is 12.1 Å². The highest BCUT2D eigenvalue weighted by atomic mass is 16.4. The third-order valence-corrected chi connectivity index (χ3v) is 3.84. The summed E-state index contributed by atoms with van der Waals surface area (Å²) >= 11 is 0. The molecule has 0 amide bonds. The molecule has 1 heterocycles. The minimum absolute atomic E-state index is 0.216. The van der Waals surface area contributed by atoms with Crippen LogP contribution in [-0.2, 0) is 0 Å². The molecule has 0 saturated carbocycles. The molecule has 0 bridgehead atoms. The minimum Gasteiger partial charge on any atom is -0.478 e. The molecule has 118 valence electrons. The maximum atomic E-state index is 11.4. The third-order valence-electron chi connectivity index (χ3n) is 3.84. The Kier molecular flexibility index (Phi) is 6.66. The quantitative estimate of drug-likeness (QED) is 0.775. The number of hydrogen-bond donors (Lipinski definition) is 1. The largest absolute Gasteiger partial charge is 0.478 e. The van der Waals surface area contributed by atoms with Crippen molar-refractivity contribution in [3.63, 3.8) is 0 Å². The zero-order chi connectivity index (χ0) is 16.0. The predicted molar refractivity (Wildman–Crippen MR) is 87.3 cm³/mol.